The first kappa shape index (κ1) is 13.7. The van der Waals surface area contributed by atoms with Crippen LogP contribution >= 0.6 is 11.6 Å². The highest BCUT2D eigenvalue weighted by atomic mass is 35.5. The Kier molecular flexibility index (Phi) is 3.66. The van der Waals surface area contributed by atoms with Crippen molar-refractivity contribution in [1.82, 2.24) is 9.96 Å². The van der Waals surface area contributed by atoms with Crippen LogP contribution in [0.4, 0.5) is 9.59 Å². The second-order valence-corrected chi connectivity index (χ2v) is 5.37. The molecular formula is C13H15ClN2O3. The van der Waals surface area contributed by atoms with Gasteiger partial charge in [0.2, 0.25) is 0 Å². The number of hydroxylamine groups is 2. The first-order chi connectivity index (χ1) is 8.90. The maximum atomic E-state index is 12.2. The van der Waals surface area contributed by atoms with Crippen LogP contribution in [0.3, 0.4) is 0 Å². The average molecular weight is 283 g/mol. The Balaban J connectivity index is 2.12. The van der Waals surface area contributed by atoms with E-state index in [1.807, 2.05) is 44.2 Å². The molecule has 0 radical (unpaired) electrons. The molecule has 19 heavy (non-hydrogen) atoms. The van der Waals surface area contributed by atoms with E-state index >= 15 is 0 Å². The van der Waals surface area contributed by atoms with E-state index < -0.39 is 11.0 Å². The number of carbonyl (C=O) groups excluding carboxylic acids is 2. The maximum Gasteiger partial charge on any atom is 0.428 e. The molecule has 1 saturated heterocycles. The highest BCUT2D eigenvalue weighted by Gasteiger charge is 2.46. The minimum Gasteiger partial charge on any atom is -0.321 e. The Hall–Kier alpha value is -1.75. The van der Waals surface area contributed by atoms with Gasteiger partial charge in [0, 0.05) is 24.7 Å². The molecule has 5 nitrogen and oxygen atoms in total. The summed E-state index contributed by atoms with van der Waals surface area (Å²) in [7, 11) is 0. The summed E-state index contributed by atoms with van der Waals surface area (Å²) < 4.78 is 0. The Bertz CT molecular complexity index is 490. The van der Waals surface area contributed by atoms with E-state index in [9.17, 15) is 9.59 Å². The number of urea groups is 1. The zero-order valence-electron chi connectivity index (χ0n) is 10.8. The van der Waals surface area contributed by atoms with Gasteiger partial charge in [0.25, 0.3) is 0 Å². The van der Waals surface area contributed by atoms with Gasteiger partial charge in [-0.3, -0.25) is 0 Å². The number of hydrogen-bond donors (Lipinski definition) is 0. The van der Waals surface area contributed by atoms with Crippen LogP contribution in [0.15, 0.2) is 30.3 Å². The molecule has 102 valence electrons. The van der Waals surface area contributed by atoms with Gasteiger partial charge in [-0.05, 0) is 19.4 Å². The van der Waals surface area contributed by atoms with Crippen LogP contribution in [-0.2, 0) is 11.4 Å². The van der Waals surface area contributed by atoms with Crippen molar-refractivity contribution in [2.24, 2.45) is 0 Å². The number of nitrogens with zero attached hydrogens (tertiary/aromatic N) is 2. The summed E-state index contributed by atoms with van der Waals surface area (Å²) in [5.41, 5.74) is -0.593. The van der Waals surface area contributed by atoms with Crippen molar-refractivity contribution in [3.8, 4) is 0 Å². The van der Waals surface area contributed by atoms with Crippen LogP contribution in [0.25, 0.3) is 0 Å². The van der Waals surface area contributed by atoms with Gasteiger partial charge in [0.1, 0.15) is 0 Å². The summed E-state index contributed by atoms with van der Waals surface area (Å²) >= 11 is 5.18. The fourth-order valence-corrected chi connectivity index (χ4v) is 2.22. The van der Waals surface area contributed by atoms with E-state index in [4.69, 9.17) is 16.4 Å². The number of hydrogen-bond acceptors (Lipinski definition) is 3. The smallest absolute Gasteiger partial charge is 0.321 e. The Labute approximate surface area is 116 Å². The van der Waals surface area contributed by atoms with Gasteiger partial charge in [0.05, 0.1) is 5.54 Å². The van der Waals surface area contributed by atoms with E-state index in [0.717, 1.165) is 10.6 Å². The average Bonchev–Trinajstić information content (AvgIpc) is 2.53. The number of halogens is 1. The van der Waals surface area contributed by atoms with Gasteiger partial charge in [-0.2, -0.15) is 0 Å². The standard InChI is InChI=1S/C13H15ClN2O3/c1-13(2)9-15(8-10-6-4-3-5-7-10)12(18)16(13)19-11(14)17/h3-7H,8-9H2,1-2H3. The van der Waals surface area contributed by atoms with Gasteiger partial charge >= 0.3 is 11.5 Å². The molecule has 1 heterocycles. The molecule has 0 aromatic heterocycles. The van der Waals surface area contributed by atoms with Crippen LogP contribution in [0.1, 0.15) is 19.4 Å². The second kappa shape index (κ2) is 5.09. The highest BCUT2D eigenvalue weighted by molar-refractivity contribution is 6.61. The third-order valence-electron chi connectivity index (χ3n) is 2.95. The molecule has 0 atom stereocenters. The molecule has 2 amide bonds. The van der Waals surface area contributed by atoms with Crippen LogP contribution in [0, 0.1) is 0 Å². The molecule has 0 spiro atoms. The molecular weight excluding hydrogens is 268 g/mol. The van der Waals surface area contributed by atoms with Crippen LogP contribution < -0.4 is 0 Å². The van der Waals surface area contributed by atoms with Crippen LogP contribution in [0.2, 0.25) is 0 Å². The molecule has 0 bridgehead atoms. The fraction of sp³-hybridized carbons (Fsp3) is 0.385. The molecule has 0 N–H and O–H groups in total. The summed E-state index contributed by atoms with van der Waals surface area (Å²) in [5.74, 6) is 0. The molecule has 0 aliphatic carbocycles. The maximum absolute atomic E-state index is 12.2. The van der Waals surface area contributed by atoms with Crippen LogP contribution in [0.5, 0.6) is 0 Å². The fourth-order valence-electron chi connectivity index (χ4n) is 2.15. The number of rotatable bonds is 3. The lowest BCUT2D eigenvalue weighted by atomic mass is 10.1. The molecule has 6 heteroatoms. The van der Waals surface area contributed by atoms with E-state index in [1.165, 1.54) is 0 Å². The number of amides is 2. The minimum atomic E-state index is -1.01. The monoisotopic (exact) mass is 282 g/mol. The minimum absolute atomic E-state index is 0.358. The Morgan fingerprint density at radius 2 is 2.00 bits per heavy atom. The normalized spacial score (nSPS) is 17.7. The largest absolute Gasteiger partial charge is 0.428 e. The first-order valence-corrected chi connectivity index (χ1v) is 6.28. The van der Waals surface area contributed by atoms with Crippen molar-refractivity contribution >= 4 is 23.1 Å². The molecule has 1 aliphatic rings. The third kappa shape index (κ3) is 2.98. The summed E-state index contributed by atoms with van der Waals surface area (Å²) in [6, 6.07) is 9.27. The van der Waals surface area contributed by atoms with E-state index in [1.54, 1.807) is 4.90 Å². The van der Waals surface area contributed by atoms with Gasteiger partial charge < -0.3 is 9.74 Å². The van der Waals surface area contributed by atoms with Gasteiger partial charge in [0.15, 0.2) is 0 Å². The molecule has 1 aromatic rings. The van der Waals surface area contributed by atoms with Crippen molar-refractivity contribution in [2.75, 3.05) is 6.54 Å². The zero-order valence-corrected chi connectivity index (χ0v) is 11.6. The summed E-state index contributed by atoms with van der Waals surface area (Å²) in [6.45, 7) is 4.57. The molecule has 2 rings (SSSR count). The quantitative estimate of drug-likeness (QED) is 0.801. The lowest BCUT2D eigenvalue weighted by molar-refractivity contribution is -0.0887. The predicted octanol–water partition coefficient (Wildman–Crippen LogP) is 2.99. The molecule has 0 unspecified atom stereocenters. The van der Waals surface area contributed by atoms with Crippen molar-refractivity contribution in [3.05, 3.63) is 35.9 Å². The van der Waals surface area contributed by atoms with E-state index in [0.29, 0.717) is 13.1 Å². The second-order valence-electron chi connectivity index (χ2n) is 5.06. The lowest BCUT2D eigenvalue weighted by Gasteiger charge is -2.25. The van der Waals surface area contributed by atoms with Gasteiger partial charge in [-0.25, -0.2) is 9.59 Å². The summed E-state index contributed by atoms with van der Waals surface area (Å²) in [6.07, 6.45) is 0. The zero-order chi connectivity index (χ0) is 14.0. The molecule has 0 saturated carbocycles. The van der Waals surface area contributed by atoms with Crippen molar-refractivity contribution < 1.29 is 14.4 Å². The lowest BCUT2D eigenvalue weighted by Crippen LogP contribution is -2.42. The van der Waals surface area contributed by atoms with E-state index in [2.05, 4.69) is 0 Å². The van der Waals surface area contributed by atoms with Crippen molar-refractivity contribution in [3.63, 3.8) is 0 Å². The number of benzene rings is 1. The predicted molar refractivity (Wildman–Crippen MR) is 70.5 cm³/mol. The molecule has 1 aromatic carbocycles. The molecule has 1 aliphatic heterocycles. The van der Waals surface area contributed by atoms with Gasteiger partial charge in [-0.15, -0.1) is 5.06 Å². The summed E-state index contributed by atoms with van der Waals surface area (Å²) in [4.78, 5) is 29.4. The van der Waals surface area contributed by atoms with Crippen LogP contribution in [-0.4, -0.2) is 33.5 Å². The summed E-state index contributed by atoms with van der Waals surface area (Å²) in [5, 5.41) is 1.03. The highest BCUT2D eigenvalue weighted by Crippen LogP contribution is 2.28. The Morgan fingerprint density at radius 1 is 1.37 bits per heavy atom. The number of carbonyl (C=O) groups is 2. The first-order valence-electron chi connectivity index (χ1n) is 5.90. The molecule has 1 fully saturated rings. The SMILES string of the molecule is CC1(C)CN(Cc2ccccc2)C(=O)N1OC(=O)Cl. The third-order valence-corrected chi connectivity index (χ3v) is 3.02. The Morgan fingerprint density at radius 3 is 2.58 bits per heavy atom. The topological polar surface area (TPSA) is 49.9 Å². The van der Waals surface area contributed by atoms with E-state index in [-0.39, 0.29) is 6.03 Å². The van der Waals surface area contributed by atoms with Gasteiger partial charge in [-0.1, -0.05) is 30.3 Å². The van der Waals surface area contributed by atoms with Crippen molar-refractivity contribution in [1.29, 1.82) is 0 Å². The van der Waals surface area contributed by atoms with Crippen molar-refractivity contribution in [2.45, 2.75) is 25.9 Å².